The first-order chi connectivity index (χ1) is 17.6. The number of carbonyl (C=O) groups excluding carboxylic acids is 2. The van der Waals surface area contributed by atoms with Crippen molar-refractivity contribution in [2.24, 2.45) is 0 Å². The molecular weight excluding hydrogens is 454 g/mol. The molecule has 2 aromatic carbocycles. The fourth-order valence-electron chi connectivity index (χ4n) is 4.47. The van der Waals surface area contributed by atoms with Crippen molar-refractivity contribution in [2.75, 3.05) is 50.8 Å². The van der Waals surface area contributed by atoms with Gasteiger partial charge in [0.25, 0.3) is 5.91 Å². The van der Waals surface area contributed by atoms with Crippen molar-refractivity contribution in [1.29, 1.82) is 0 Å². The quantitative estimate of drug-likeness (QED) is 0.346. The summed E-state index contributed by atoms with van der Waals surface area (Å²) < 4.78 is 6.74. The number of anilines is 1. The summed E-state index contributed by atoms with van der Waals surface area (Å²) in [6.07, 6.45) is 3.52. The molecule has 8 heteroatoms. The second kappa shape index (κ2) is 12.4. The number of unbranched alkanes of at least 4 members (excludes halogenated alkanes) is 1. The Balaban J connectivity index is 1.17. The van der Waals surface area contributed by atoms with Crippen LogP contribution in [-0.2, 0) is 4.74 Å². The van der Waals surface area contributed by atoms with Crippen LogP contribution < -0.4 is 10.2 Å². The van der Waals surface area contributed by atoms with Gasteiger partial charge in [-0.1, -0.05) is 18.2 Å². The molecule has 1 N–H and O–H groups in total. The lowest BCUT2D eigenvalue weighted by Crippen LogP contribution is -2.46. The van der Waals surface area contributed by atoms with Crippen molar-refractivity contribution in [2.45, 2.75) is 26.7 Å². The number of amides is 1. The number of benzene rings is 2. The van der Waals surface area contributed by atoms with E-state index in [0.29, 0.717) is 30.0 Å². The highest BCUT2D eigenvalue weighted by Gasteiger charge is 2.17. The Labute approximate surface area is 212 Å². The smallest absolute Gasteiger partial charge is 0.341 e. The van der Waals surface area contributed by atoms with Gasteiger partial charge in [-0.15, -0.1) is 0 Å². The van der Waals surface area contributed by atoms with Gasteiger partial charge in [0.2, 0.25) is 0 Å². The molecule has 0 unspecified atom stereocenters. The predicted octanol–water partition coefficient (Wildman–Crippen LogP) is 3.69. The van der Waals surface area contributed by atoms with Crippen LogP contribution in [0.3, 0.4) is 0 Å². The zero-order valence-electron chi connectivity index (χ0n) is 21.2. The molecule has 36 heavy (non-hydrogen) atoms. The molecule has 1 aliphatic rings. The molecule has 2 heterocycles. The number of hydrogen-bond acceptors (Lipinski definition) is 6. The number of para-hydroxylation sites is 1. The van der Waals surface area contributed by atoms with Gasteiger partial charge in [0, 0.05) is 44.0 Å². The summed E-state index contributed by atoms with van der Waals surface area (Å²) in [6.45, 7) is 9.89. The van der Waals surface area contributed by atoms with E-state index in [1.54, 1.807) is 23.7 Å². The van der Waals surface area contributed by atoms with Crippen LogP contribution in [-0.4, -0.2) is 72.4 Å². The monoisotopic (exact) mass is 489 g/mol. The van der Waals surface area contributed by atoms with E-state index in [4.69, 9.17) is 4.74 Å². The Morgan fingerprint density at radius 3 is 2.36 bits per heavy atom. The molecule has 4 rings (SSSR count). The molecule has 0 aliphatic carbocycles. The average molecular weight is 490 g/mol. The molecule has 1 saturated heterocycles. The summed E-state index contributed by atoms with van der Waals surface area (Å²) >= 11 is 0. The second-order valence-electron chi connectivity index (χ2n) is 8.95. The van der Waals surface area contributed by atoms with E-state index >= 15 is 0 Å². The fourth-order valence-corrected chi connectivity index (χ4v) is 4.47. The van der Waals surface area contributed by atoms with Gasteiger partial charge >= 0.3 is 5.97 Å². The van der Waals surface area contributed by atoms with Crippen molar-refractivity contribution in [3.05, 3.63) is 77.6 Å². The number of piperazine rings is 1. The van der Waals surface area contributed by atoms with Gasteiger partial charge in [0.15, 0.2) is 0 Å². The first kappa shape index (κ1) is 25.4. The Morgan fingerprint density at radius 1 is 0.944 bits per heavy atom. The van der Waals surface area contributed by atoms with Crippen molar-refractivity contribution in [3.8, 4) is 5.69 Å². The minimum Gasteiger partial charge on any atom is -0.462 e. The van der Waals surface area contributed by atoms with Crippen molar-refractivity contribution >= 4 is 17.6 Å². The molecule has 1 fully saturated rings. The van der Waals surface area contributed by atoms with Crippen LogP contribution in [0.2, 0.25) is 0 Å². The number of hydrogen-bond donors (Lipinski definition) is 1. The summed E-state index contributed by atoms with van der Waals surface area (Å²) in [6, 6.07) is 17.8. The first-order valence-electron chi connectivity index (χ1n) is 12.7. The molecule has 3 aromatic rings. The predicted molar refractivity (Wildman–Crippen MR) is 141 cm³/mol. The van der Waals surface area contributed by atoms with Gasteiger partial charge in [0.05, 0.1) is 24.2 Å². The van der Waals surface area contributed by atoms with Gasteiger partial charge < -0.3 is 15.0 Å². The molecule has 0 saturated carbocycles. The molecule has 0 spiro atoms. The molecule has 1 aromatic heterocycles. The Bertz CT molecular complexity index is 1140. The molecule has 8 nitrogen and oxygen atoms in total. The van der Waals surface area contributed by atoms with E-state index < -0.39 is 0 Å². The molecule has 0 bridgehead atoms. The van der Waals surface area contributed by atoms with Crippen molar-refractivity contribution in [3.63, 3.8) is 0 Å². The van der Waals surface area contributed by atoms with Crippen LogP contribution in [0, 0.1) is 6.92 Å². The highest BCUT2D eigenvalue weighted by atomic mass is 16.5. The number of aromatic nitrogens is 2. The molecule has 0 radical (unpaired) electrons. The Morgan fingerprint density at radius 2 is 1.67 bits per heavy atom. The largest absolute Gasteiger partial charge is 0.462 e. The number of carbonyl (C=O) groups is 2. The van der Waals surface area contributed by atoms with Crippen molar-refractivity contribution < 1.29 is 14.3 Å². The minimum absolute atomic E-state index is 0.0811. The Kier molecular flexibility index (Phi) is 8.73. The van der Waals surface area contributed by atoms with Crippen LogP contribution >= 0.6 is 0 Å². The van der Waals surface area contributed by atoms with Gasteiger partial charge in [-0.3, -0.25) is 9.69 Å². The highest BCUT2D eigenvalue weighted by Crippen LogP contribution is 2.17. The number of ether oxygens (including phenoxy) is 1. The summed E-state index contributed by atoms with van der Waals surface area (Å²) in [5.74, 6) is -0.464. The second-order valence-corrected chi connectivity index (χ2v) is 8.95. The third kappa shape index (κ3) is 6.31. The molecule has 0 atom stereocenters. The molecule has 1 amide bonds. The normalized spacial score (nSPS) is 14.0. The van der Waals surface area contributed by atoms with Gasteiger partial charge in [0.1, 0.15) is 5.56 Å². The lowest BCUT2D eigenvalue weighted by atomic mass is 10.2. The number of nitrogens with one attached hydrogen (secondary N) is 1. The van der Waals surface area contributed by atoms with E-state index in [2.05, 4.69) is 50.5 Å². The first-order valence-corrected chi connectivity index (χ1v) is 12.7. The number of esters is 1. The van der Waals surface area contributed by atoms with E-state index in [-0.39, 0.29) is 11.9 Å². The SMILES string of the molecule is CCOC(=O)c1cnn(-c2ccc(C(=O)NCCCCN3CCN(c4ccccc4)CC3)cc2)c1C. The minimum atomic E-state index is -0.383. The topological polar surface area (TPSA) is 79.7 Å². The zero-order valence-corrected chi connectivity index (χ0v) is 21.2. The van der Waals surface area contributed by atoms with Gasteiger partial charge in [-0.05, 0) is 69.6 Å². The summed E-state index contributed by atoms with van der Waals surface area (Å²) in [4.78, 5) is 29.5. The molecular formula is C28H35N5O3. The standard InChI is InChI=1S/C28H35N5O3/c1-3-36-28(35)26-21-30-33(22(26)2)25-13-11-23(12-14-25)27(34)29-15-7-8-16-31-17-19-32(20-18-31)24-9-5-4-6-10-24/h4-6,9-14,21H,3,7-8,15-20H2,1-2H3,(H,29,34). The maximum absolute atomic E-state index is 12.5. The van der Waals surface area contributed by atoms with Crippen LogP contribution in [0.5, 0.6) is 0 Å². The van der Waals surface area contributed by atoms with Crippen LogP contribution in [0.25, 0.3) is 5.69 Å². The van der Waals surface area contributed by atoms with Crippen LogP contribution in [0.15, 0.2) is 60.8 Å². The fraction of sp³-hybridized carbons (Fsp3) is 0.393. The summed E-state index contributed by atoms with van der Waals surface area (Å²) in [5.41, 5.74) is 3.83. The van der Waals surface area contributed by atoms with Crippen LogP contribution in [0.1, 0.15) is 46.2 Å². The zero-order chi connectivity index (χ0) is 25.3. The van der Waals surface area contributed by atoms with Crippen molar-refractivity contribution in [1.82, 2.24) is 20.0 Å². The third-order valence-electron chi connectivity index (χ3n) is 6.56. The van der Waals surface area contributed by atoms with E-state index in [9.17, 15) is 9.59 Å². The lowest BCUT2D eigenvalue weighted by Gasteiger charge is -2.36. The maximum Gasteiger partial charge on any atom is 0.341 e. The third-order valence-corrected chi connectivity index (χ3v) is 6.56. The average Bonchev–Trinajstić information content (AvgIpc) is 3.30. The lowest BCUT2D eigenvalue weighted by molar-refractivity contribution is 0.0525. The van der Waals surface area contributed by atoms with E-state index in [1.165, 1.54) is 11.9 Å². The maximum atomic E-state index is 12.5. The van der Waals surface area contributed by atoms with E-state index in [1.807, 2.05) is 19.1 Å². The van der Waals surface area contributed by atoms with E-state index in [0.717, 1.165) is 51.3 Å². The number of nitrogens with zero attached hydrogens (tertiary/aromatic N) is 4. The van der Waals surface area contributed by atoms with Crippen LogP contribution in [0.4, 0.5) is 5.69 Å². The molecule has 1 aliphatic heterocycles. The number of rotatable bonds is 10. The van der Waals surface area contributed by atoms with Gasteiger partial charge in [-0.25, -0.2) is 9.48 Å². The summed E-state index contributed by atoms with van der Waals surface area (Å²) in [5, 5.41) is 7.32. The Hall–Kier alpha value is -3.65. The molecule has 190 valence electrons. The van der Waals surface area contributed by atoms with Gasteiger partial charge in [-0.2, -0.15) is 5.10 Å². The summed E-state index contributed by atoms with van der Waals surface area (Å²) in [7, 11) is 0. The highest BCUT2D eigenvalue weighted by molar-refractivity contribution is 5.94.